The maximum absolute atomic E-state index is 13.3. The van der Waals surface area contributed by atoms with Crippen molar-refractivity contribution in [3.8, 4) is 0 Å². The van der Waals surface area contributed by atoms with E-state index in [1.165, 1.54) is 0 Å². The van der Waals surface area contributed by atoms with E-state index in [2.05, 4.69) is 0 Å². The first kappa shape index (κ1) is 13.2. The summed E-state index contributed by atoms with van der Waals surface area (Å²) in [7, 11) is 0. The standard InChI is InChI=1S/C9H7ClF5N/c10-4-1-2-5(11)7(8(4)12)6(16)3-9(13,14)15/h1-2,6H,3,16H2/t6-/m1/s1. The molecular weight excluding hydrogens is 253 g/mol. The van der Waals surface area contributed by atoms with Gasteiger partial charge in [0.1, 0.15) is 11.6 Å². The molecule has 0 aliphatic heterocycles. The largest absolute Gasteiger partial charge is 0.390 e. The van der Waals surface area contributed by atoms with Gasteiger partial charge in [0.25, 0.3) is 0 Å². The molecule has 0 aliphatic rings. The lowest BCUT2D eigenvalue weighted by molar-refractivity contribution is -0.138. The van der Waals surface area contributed by atoms with E-state index >= 15 is 0 Å². The van der Waals surface area contributed by atoms with Crippen molar-refractivity contribution in [1.82, 2.24) is 0 Å². The third kappa shape index (κ3) is 3.05. The Morgan fingerprint density at radius 2 is 1.81 bits per heavy atom. The zero-order chi connectivity index (χ0) is 12.5. The number of alkyl halides is 3. The summed E-state index contributed by atoms with van der Waals surface area (Å²) in [5.41, 5.74) is 4.25. The van der Waals surface area contributed by atoms with E-state index in [-0.39, 0.29) is 0 Å². The highest BCUT2D eigenvalue weighted by Crippen LogP contribution is 2.32. The highest BCUT2D eigenvalue weighted by Gasteiger charge is 2.33. The first-order valence-corrected chi connectivity index (χ1v) is 4.56. The normalized spacial score (nSPS) is 13.9. The Morgan fingerprint density at radius 1 is 1.25 bits per heavy atom. The molecular formula is C9H7ClF5N. The maximum atomic E-state index is 13.3. The van der Waals surface area contributed by atoms with Gasteiger partial charge in [-0.3, -0.25) is 0 Å². The summed E-state index contributed by atoms with van der Waals surface area (Å²) in [6, 6.07) is -0.119. The zero-order valence-corrected chi connectivity index (χ0v) is 8.54. The predicted molar refractivity (Wildman–Crippen MR) is 49.0 cm³/mol. The molecule has 0 saturated heterocycles. The van der Waals surface area contributed by atoms with Gasteiger partial charge < -0.3 is 5.73 Å². The van der Waals surface area contributed by atoms with Crippen molar-refractivity contribution in [2.24, 2.45) is 5.73 Å². The third-order valence-corrected chi connectivity index (χ3v) is 2.19. The average molecular weight is 260 g/mol. The summed E-state index contributed by atoms with van der Waals surface area (Å²) < 4.78 is 62.4. The Hall–Kier alpha value is -0.880. The van der Waals surface area contributed by atoms with Crippen LogP contribution in [0.15, 0.2) is 12.1 Å². The van der Waals surface area contributed by atoms with E-state index in [0.29, 0.717) is 0 Å². The van der Waals surface area contributed by atoms with E-state index in [4.69, 9.17) is 17.3 Å². The van der Waals surface area contributed by atoms with E-state index in [1.807, 2.05) is 0 Å². The van der Waals surface area contributed by atoms with Gasteiger partial charge in [0.05, 0.1) is 11.4 Å². The predicted octanol–water partition coefficient (Wildman–Crippen LogP) is 3.57. The summed E-state index contributed by atoms with van der Waals surface area (Å²) in [6.07, 6.45) is -6.11. The van der Waals surface area contributed by atoms with Gasteiger partial charge in [0.15, 0.2) is 0 Å². The Morgan fingerprint density at radius 3 is 2.31 bits per heavy atom. The lowest BCUT2D eigenvalue weighted by Gasteiger charge is -2.16. The van der Waals surface area contributed by atoms with Crippen molar-refractivity contribution in [2.45, 2.75) is 18.6 Å². The van der Waals surface area contributed by atoms with Crippen LogP contribution in [0.1, 0.15) is 18.0 Å². The van der Waals surface area contributed by atoms with Crippen LogP contribution in [0.5, 0.6) is 0 Å². The summed E-state index contributed by atoms with van der Waals surface area (Å²) in [5.74, 6) is -2.39. The number of hydrogen-bond acceptors (Lipinski definition) is 1. The fourth-order valence-corrected chi connectivity index (χ4v) is 1.40. The molecule has 0 aromatic heterocycles. The van der Waals surface area contributed by atoms with Gasteiger partial charge in [-0.15, -0.1) is 0 Å². The van der Waals surface area contributed by atoms with Gasteiger partial charge in [-0.25, -0.2) is 8.78 Å². The van der Waals surface area contributed by atoms with Gasteiger partial charge >= 0.3 is 6.18 Å². The number of rotatable bonds is 2. The molecule has 16 heavy (non-hydrogen) atoms. The molecule has 0 radical (unpaired) electrons. The molecule has 0 heterocycles. The van der Waals surface area contributed by atoms with E-state index in [1.54, 1.807) is 0 Å². The van der Waals surface area contributed by atoms with Gasteiger partial charge in [0.2, 0.25) is 0 Å². The molecule has 1 aromatic carbocycles. The zero-order valence-electron chi connectivity index (χ0n) is 7.78. The Labute approximate surface area is 93.0 Å². The van der Waals surface area contributed by atoms with Crippen LogP contribution in [0.3, 0.4) is 0 Å². The van der Waals surface area contributed by atoms with Crippen molar-refractivity contribution in [3.63, 3.8) is 0 Å². The van der Waals surface area contributed by atoms with E-state index in [0.717, 1.165) is 12.1 Å². The van der Waals surface area contributed by atoms with Crippen LogP contribution in [0, 0.1) is 11.6 Å². The van der Waals surface area contributed by atoms with Crippen molar-refractivity contribution < 1.29 is 22.0 Å². The van der Waals surface area contributed by atoms with E-state index < -0.39 is 40.9 Å². The lowest BCUT2D eigenvalue weighted by atomic mass is 10.0. The quantitative estimate of drug-likeness (QED) is 0.638. The molecule has 0 saturated carbocycles. The SMILES string of the molecule is N[C@H](CC(F)(F)F)c1c(F)ccc(Cl)c1F. The van der Waals surface area contributed by atoms with Crippen LogP contribution in [0.4, 0.5) is 22.0 Å². The first-order chi connectivity index (χ1) is 7.22. The van der Waals surface area contributed by atoms with Crippen LogP contribution < -0.4 is 5.73 Å². The molecule has 1 rings (SSSR count). The van der Waals surface area contributed by atoms with Crippen LogP contribution in [-0.2, 0) is 0 Å². The number of nitrogens with two attached hydrogens (primary N) is 1. The van der Waals surface area contributed by atoms with Crippen molar-refractivity contribution in [1.29, 1.82) is 0 Å². The molecule has 0 unspecified atom stereocenters. The third-order valence-electron chi connectivity index (χ3n) is 1.90. The summed E-state index contributed by atoms with van der Waals surface area (Å²) in [4.78, 5) is 0. The van der Waals surface area contributed by atoms with Gasteiger partial charge in [-0.05, 0) is 12.1 Å². The molecule has 1 atom stereocenters. The number of hydrogen-bond donors (Lipinski definition) is 1. The van der Waals surface area contributed by atoms with Crippen molar-refractivity contribution in [3.05, 3.63) is 34.4 Å². The van der Waals surface area contributed by atoms with Gasteiger partial charge in [-0.1, -0.05) is 11.6 Å². The van der Waals surface area contributed by atoms with Crippen molar-refractivity contribution >= 4 is 11.6 Å². The molecule has 0 fully saturated rings. The molecule has 2 N–H and O–H groups in total. The smallest absolute Gasteiger partial charge is 0.323 e. The minimum atomic E-state index is -4.60. The Balaban J connectivity index is 3.08. The van der Waals surface area contributed by atoms with Crippen LogP contribution in [-0.4, -0.2) is 6.18 Å². The topological polar surface area (TPSA) is 26.0 Å². The Bertz CT molecular complexity index is 390. The number of benzene rings is 1. The number of halogens is 6. The first-order valence-electron chi connectivity index (χ1n) is 4.18. The lowest BCUT2D eigenvalue weighted by Crippen LogP contribution is -2.22. The summed E-state index contributed by atoms with van der Waals surface area (Å²) >= 11 is 5.32. The molecule has 0 spiro atoms. The van der Waals surface area contributed by atoms with E-state index in [9.17, 15) is 22.0 Å². The maximum Gasteiger partial charge on any atom is 0.390 e. The molecule has 0 bridgehead atoms. The Kier molecular flexibility index (Phi) is 3.75. The summed E-state index contributed by atoms with van der Waals surface area (Å²) in [6.45, 7) is 0. The molecule has 1 aromatic rings. The second-order valence-electron chi connectivity index (χ2n) is 3.18. The fraction of sp³-hybridized carbons (Fsp3) is 0.333. The molecule has 1 nitrogen and oxygen atoms in total. The molecule has 90 valence electrons. The highest BCUT2D eigenvalue weighted by molar-refractivity contribution is 6.30. The highest BCUT2D eigenvalue weighted by atomic mass is 35.5. The molecule has 7 heteroatoms. The van der Waals surface area contributed by atoms with Gasteiger partial charge in [-0.2, -0.15) is 13.2 Å². The fourth-order valence-electron chi connectivity index (χ4n) is 1.23. The van der Waals surface area contributed by atoms with Gasteiger partial charge in [0, 0.05) is 11.6 Å². The molecule has 0 amide bonds. The van der Waals surface area contributed by atoms with Crippen molar-refractivity contribution in [2.75, 3.05) is 0 Å². The summed E-state index contributed by atoms with van der Waals surface area (Å²) in [5, 5.41) is -0.464. The minimum absolute atomic E-state index is 0.464. The second-order valence-corrected chi connectivity index (χ2v) is 3.59. The second kappa shape index (κ2) is 4.55. The molecule has 0 aliphatic carbocycles. The van der Waals surface area contributed by atoms with Crippen LogP contribution >= 0.6 is 11.6 Å². The monoisotopic (exact) mass is 259 g/mol. The van der Waals surface area contributed by atoms with Crippen LogP contribution in [0.2, 0.25) is 5.02 Å². The minimum Gasteiger partial charge on any atom is -0.323 e. The average Bonchev–Trinajstić information content (AvgIpc) is 2.09. The van der Waals surface area contributed by atoms with Crippen LogP contribution in [0.25, 0.3) is 0 Å².